The van der Waals surface area contributed by atoms with Crippen LogP contribution in [0.4, 0.5) is 0 Å². The highest BCUT2D eigenvalue weighted by Crippen LogP contribution is 2.40. The van der Waals surface area contributed by atoms with Crippen molar-refractivity contribution >= 4 is 75.8 Å². The van der Waals surface area contributed by atoms with Crippen LogP contribution in [0.15, 0.2) is 182 Å². The average molecular weight is 659 g/mol. The Morgan fingerprint density at radius 1 is 0.308 bits per heavy atom. The SMILES string of the molecule is c1ccc(-c2ccc3ccc4c(-c5ccc6c(ccc7cc(-c8c9ccccc9nc9c8ccc8cccnc89)ccc76)c5)cccc4c3c2)cc1. The number of hydrogen-bond donors (Lipinski definition) is 0. The second-order valence-corrected chi connectivity index (χ2v) is 13.7. The standard InChI is InChI=1S/C50H30N2/c1-2-8-31(9-3-1)34-16-15-32-19-25-43-39(12-6-13-42(43)46(32)30-34)37-21-23-40-35(28-37)17-18-36-29-38(22-24-41(36)40)48-44-11-4-5-14-47(44)52-50-45(48)26-20-33-10-7-27-51-49(33)50/h1-30H. The maximum atomic E-state index is 5.12. The largest absolute Gasteiger partial charge is 0.254 e. The van der Waals surface area contributed by atoms with Gasteiger partial charge < -0.3 is 0 Å². The average Bonchev–Trinajstić information content (AvgIpc) is 3.22. The zero-order valence-corrected chi connectivity index (χ0v) is 28.2. The highest BCUT2D eigenvalue weighted by Gasteiger charge is 2.15. The smallest absolute Gasteiger partial charge is 0.0978 e. The van der Waals surface area contributed by atoms with Gasteiger partial charge in [-0.15, -0.1) is 0 Å². The van der Waals surface area contributed by atoms with Crippen molar-refractivity contribution in [3.05, 3.63) is 182 Å². The summed E-state index contributed by atoms with van der Waals surface area (Å²) in [6.45, 7) is 0. The van der Waals surface area contributed by atoms with E-state index in [0.29, 0.717) is 0 Å². The molecule has 0 fully saturated rings. The Hall–Kier alpha value is -6.90. The summed E-state index contributed by atoms with van der Waals surface area (Å²) in [5, 5.41) is 13.4. The number of aromatic nitrogens is 2. The first-order valence-corrected chi connectivity index (χ1v) is 17.8. The van der Waals surface area contributed by atoms with Crippen LogP contribution >= 0.6 is 0 Å². The van der Waals surface area contributed by atoms with Crippen LogP contribution in [-0.4, -0.2) is 9.97 Å². The Morgan fingerprint density at radius 2 is 0.981 bits per heavy atom. The molecule has 240 valence electrons. The van der Waals surface area contributed by atoms with Crippen molar-refractivity contribution in [1.82, 2.24) is 9.97 Å². The van der Waals surface area contributed by atoms with Gasteiger partial charge in [0.15, 0.2) is 0 Å². The zero-order chi connectivity index (χ0) is 34.2. The molecule has 11 rings (SSSR count). The monoisotopic (exact) mass is 658 g/mol. The van der Waals surface area contributed by atoms with Crippen LogP contribution in [0.2, 0.25) is 0 Å². The molecule has 0 bridgehead atoms. The second-order valence-electron chi connectivity index (χ2n) is 13.7. The highest BCUT2D eigenvalue weighted by molar-refractivity contribution is 6.18. The number of para-hydroxylation sites is 1. The van der Waals surface area contributed by atoms with Gasteiger partial charge in [-0.3, -0.25) is 4.98 Å². The Labute approximate surface area is 300 Å². The first-order valence-electron chi connectivity index (χ1n) is 17.8. The van der Waals surface area contributed by atoms with Crippen LogP contribution in [0.1, 0.15) is 0 Å². The molecule has 0 saturated heterocycles. The van der Waals surface area contributed by atoms with Crippen LogP contribution in [0.25, 0.3) is 109 Å². The van der Waals surface area contributed by atoms with Gasteiger partial charge in [-0.25, -0.2) is 4.98 Å². The molecule has 0 amide bonds. The van der Waals surface area contributed by atoms with E-state index in [1.54, 1.807) is 0 Å². The number of pyridine rings is 2. The lowest BCUT2D eigenvalue weighted by atomic mass is 9.90. The summed E-state index contributed by atoms with van der Waals surface area (Å²) >= 11 is 0. The second kappa shape index (κ2) is 11.3. The molecule has 0 atom stereocenters. The van der Waals surface area contributed by atoms with E-state index in [1.807, 2.05) is 12.3 Å². The van der Waals surface area contributed by atoms with Gasteiger partial charge >= 0.3 is 0 Å². The van der Waals surface area contributed by atoms with Crippen molar-refractivity contribution < 1.29 is 0 Å². The number of rotatable bonds is 3. The molecule has 2 aromatic heterocycles. The minimum atomic E-state index is 0.936. The maximum absolute atomic E-state index is 5.12. The predicted molar refractivity (Wildman–Crippen MR) is 221 cm³/mol. The van der Waals surface area contributed by atoms with Gasteiger partial charge in [-0.2, -0.15) is 0 Å². The number of fused-ring (bicyclic) bond motifs is 10. The fourth-order valence-electron chi connectivity index (χ4n) is 8.35. The molecule has 2 heterocycles. The zero-order valence-electron chi connectivity index (χ0n) is 28.2. The van der Waals surface area contributed by atoms with Crippen LogP contribution < -0.4 is 0 Å². The third-order valence-electron chi connectivity index (χ3n) is 10.8. The third kappa shape index (κ3) is 4.44. The first-order chi connectivity index (χ1) is 25.8. The van der Waals surface area contributed by atoms with E-state index in [1.165, 1.54) is 76.5 Å². The lowest BCUT2D eigenvalue weighted by Gasteiger charge is -2.14. The van der Waals surface area contributed by atoms with E-state index in [9.17, 15) is 0 Å². The fourth-order valence-corrected chi connectivity index (χ4v) is 8.35. The van der Waals surface area contributed by atoms with Crippen LogP contribution in [0.3, 0.4) is 0 Å². The van der Waals surface area contributed by atoms with Gasteiger partial charge in [0, 0.05) is 27.9 Å². The van der Waals surface area contributed by atoms with E-state index < -0.39 is 0 Å². The molecule has 0 aliphatic carbocycles. The summed E-state index contributed by atoms with van der Waals surface area (Å²) < 4.78 is 0. The Morgan fingerprint density at radius 3 is 1.87 bits per heavy atom. The van der Waals surface area contributed by atoms with Crippen molar-refractivity contribution in [2.45, 2.75) is 0 Å². The van der Waals surface area contributed by atoms with E-state index >= 15 is 0 Å². The van der Waals surface area contributed by atoms with Gasteiger partial charge in [0.05, 0.1) is 16.6 Å². The summed E-state index contributed by atoms with van der Waals surface area (Å²) in [5.74, 6) is 0. The molecule has 52 heavy (non-hydrogen) atoms. The Kier molecular flexibility index (Phi) is 6.28. The Bertz CT molecular complexity index is 3230. The Balaban J connectivity index is 1.05. The summed E-state index contributed by atoms with van der Waals surface area (Å²) in [5.41, 5.74) is 10.2. The lowest BCUT2D eigenvalue weighted by Crippen LogP contribution is -1.92. The van der Waals surface area contributed by atoms with Gasteiger partial charge in [-0.05, 0) is 101 Å². The van der Waals surface area contributed by atoms with E-state index in [-0.39, 0.29) is 0 Å². The van der Waals surface area contributed by atoms with E-state index in [2.05, 4.69) is 170 Å². The van der Waals surface area contributed by atoms with Crippen molar-refractivity contribution in [1.29, 1.82) is 0 Å². The molecule has 0 aliphatic heterocycles. The minimum Gasteiger partial charge on any atom is -0.254 e. The van der Waals surface area contributed by atoms with Crippen LogP contribution in [-0.2, 0) is 0 Å². The number of hydrogen-bond acceptors (Lipinski definition) is 2. The topological polar surface area (TPSA) is 25.8 Å². The van der Waals surface area contributed by atoms with Gasteiger partial charge in [0.25, 0.3) is 0 Å². The molecule has 2 nitrogen and oxygen atoms in total. The molecule has 0 unspecified atom stereocenters. The summed E-state index contributed by atoms with van der Waals surface area (Å²) in [6, 6.07) is 64.0. The van der Waals surface area contributed by atoms with Gasteiger partial charge in [0.2, 0.25) is 0 Å². The molecular weight excluding hydrogens is 629 g/mol. The van der Waals surface area contributed by atoms with Crippen LogP contribution in [0.5, 0.6) is 0 Å². The molecule has 0 aliphatic rings. The summed E-state index contributed by atoms with van der Waals surface area (Å²) in [6.07, 6.45) is 1.86. The molecular formula is C50H30N2. The fraction of sp³-hybridized carbons (Fsp3) is 0. The normalized spacial score (nSPS) is 11.8. The van der Waals surface area contributed by atoms with Crippen molar-refractivity contribution in [3.63, 3.8) is 0 Å². The quantitative estimate of drug-likeness (QED) is 0.139. The minimum absolute atomic E-state index is 0.936. The van der Waals surface area contributed by atoms with Crippen LogP contribution in [0, 0.1) is 0 Å². The molecule has 0 N–H and O–H groups in total. The van der Waals surface area contributed by atoms with Gasteiger partial charge in [0.1, 0.15) is 0 Å². The summed E-state index contributed by atoms with van der Waals surface area (Å²) in [7, 11) is 0. The number of nitrogens with zero attached hydrogens (tertiary/aromatic N) is 2. The van der Waals surface area contributed by atoms with E-state index in [4.69, 9.17) is 9.97 Å². The molecule has 0 saturated carbocycles. The van der Waals surface area contributed by atoms with Gasteiger partial charge in [-0.1, -0.05) is 146 Å². The number of benzene rings is 9. The third-order valence-corrected chi connectivity index (χ3v) is 10.8. The van der Waals surface area contributed by atoms with Crippen molar-refractivity contribution in [3.8, 4) is 33.4 Å². The molecule has 0 spiro atoms. The molecule has 11 aromatic rings. The molecule has 9 aromatic carbocycles. The summed E-state index contributed by atoms with van der Waals surface area (Å²) in [4.78, 5) is 9.86. The maximum Gasteiger partial charge on any atom is 0.0978 e. The first kappa shape index (κ1) is 28.9. The van der Waals surface area contributed by atoms with Crippen molar-refractivity contribution in [2.24, 2.45) is 0 Å². The predicted octanol–water partition coefficient (Wildman–Crippen LogP) is 13.5. The highest BCUT2D eigenvalue weighted by atomic mass is 14.7. The van der Waals surface area contributed by atoms with E-state index in [0.717, 1.165) is 32.7 Å². The lowest BCUT2D eigenvalue weighted by molar-refractivity contribution is 1.40. The molecule has 0 radical (unpaired) electrons. The molecule has 2 heteroatoms. The van der Waals surface area contributed by atoms with Crippen molar-refractivity contribution in [2.75, 3.05) is 0 Å².